The summed E-state index contributed by atoms with van der Waals surface area (Å²) in [6.45, 7) is 8.30. The summed E-state index contributed by atoms with van der Waals surface area (Å²) in [6, 6.07) is 18.0. The number of aryl methyl sites for hydroxylation is 2. The number of rotatable bonds is 3. The maximum absolute atomic E-state index is 8.89. The van der Waals surface area contributed by atoms with Gasteiger partial charge in [0, 0.05) is 31.3 Å². The summed E-state index contributed by atoms with van der Waals surface area (Å²) in [5, 5.41) is 25.1. The monoisotopic (exact) mass is 536 g/mol. The molecule has 0 atom stereocenters. The van der Waals surface area contributed by atoms with Crippen molar-refractivity contribution in [3.8, 4) is 17.6 Å². The minimum atomic E-state index is -1.08. The van der Waals surface area contributed by atoms with Gasteiger partial charge in [-0.15, -0.1) is 0 Å². The third-order valence-electron chi connectivity index (χ3n) is 4.30. The molecule has 0 aliphatic heterocycles. The van der Waals surface area contributed by atoms with Crippen LogP contribution in [0.3, 0.4) is 0 Å². The molecule has 0 unspecified atom stereocenters. The van der Waals surface area contributed by atoms with Gasteiger partial charge in [0.15, 0.2) is 5.82 Å². The van der Waals surface area contributed by atoms with E-state index in [1.165, 1.54) is 18.1 Å². The maximum atomic E-state index is 8.89. The molecule has 0 fully saturated rings. The molecule has 1 radical (unpaired) electrons. The zero-order valence-electron chi connectivity index (χ0n) is 20.7. The van der Waals surface area contributed by atoms with Gasteiger partial charge in [0.25, 0.3) is 0 Å². The van der Waals surface area contributed by atoms with Crippen LogP contribution in [0.15, 0.2) is 60.9 Å². The fraction of sp³-hybridized carbons (Fsp3) is 0.231. The third kappa shape index (κ3) is 10.9. The number of carbonyl (C=O) groups excluding carboxylic acids is 2. The number of aromatic nitrogens is 4. The molecule has 4 rings (SSSR count). The number of hydrogen-bond acceptors (Lipinski definition) is 8. The Morgan fingerprint density at radius 2 is 1.44 bits per heavy atom. The average molecular weight is 537 g/mol. The van der Waals surface area contributed by atoms with E-state index in [1.54, 1.807) is 12.3 Å². The number of carboxylic acids is 2. The molecule has 0 aliphatic rings. The molecule has 0 spiro atoms. The quantitative estimate of drug-likeness (QED) is 0.362. The standard InChI is InChI=1S/C20H18N4.C2H3N.2C2H4O2.Cu/c1-14-11-18-19(12-15(14)2)24(13-16-7-3-5-9-21-16)20(23-18)17-8-4-6-10-22-17;1-2-3;2*1-2(3)4;/h3-12H,13H2,1-2H3;1H3;2*1H3,(H,3,4);/q;;;;+2/p-2. The predicted octanol–water partition coefficient (Wildman–Crippen LogP) is 2.20. The molecule has 0 bridgehead atoms. The van der Waals surface area contributed by atoms with Gasteiger partial charge in [-0.3, -0.25) is 9.97 Å². The van der Waals surface area contributed by atoms with Crippen molar-refractivity contribution in [3.63, 3.8) is 0 Å². The van der Waals surface area contributed by atoms with Crippen LogP contribution in [-0.2, 0) is 33.2 Å². The molecule has 4 aromatic rings. The molecule has 10 heteroatoms. The fourth-order valence-electron chi connectivity index (χ4n) is 2.88. The molecule has 191 valence electrons. The molecule has 0 amide bonds. The van der Waals surface area contributed by atoms with E-state index in [2.05, 4.69) is 40.5 Å². The minimum absolute atomic E-state index is 0. The van der Waals surface area contributed by atoms with Crippen LogP contribution >= 0.6 is 0 Å². The number of nitriles is 1. The summed E-state index contributed by atoms with van der Waals surface area (Å²) in [4.78, 5) is 31.6. The first kappa shape index (κ1) is 31.9. The van der Waals surface area contributed by atoms with Gasteiger partial charge in [-0.25, -0.2) is 4.98 Å². The number of fused-ring (bicyclic) bond motifs is 1. The number of nitrogens with zero attached hydrogens (tertiary/aromatic N) is 5. The van der Waals surface area contributed by atoms with Gasteiger partial charge in [-0.2, -0.15) is 5.26 Å². The van der Waals surface area contributed by atoms with Gasteiger partial charge < -0.3 is 24.4 Å². The number of carbonyl (C=O) groups is 2. The summed E-state index contributed by atoms with van der Waals surface area (Å²) in [7, 11) is 0. The zero-order valence-corrected chi connectivity index (χ0v) is 21.6. The van der Waals surface area contributed by atoms with Crippen LogP contribution in [0.25, 0.3) is 22.6 Å². The van der Waals surface area contributed by atoms with Crippen LogP contribution in [0.5, 0.6) is 0 Å². The molecule has 0 N–H and O–H groups in total. The van der Waals surface area contributed by atoms with Gasteiger partial charge in [0.1, 0.15) is 5.69 Å². The fourth-order valence-corrected chi connectivity index (χ4v) is 2.88. The topological polar surface area (TPSA) is 148 Å². The van der Waals surface area contributed by atoms with E-state index in [0.29, 0.717) is 6.54 Å². The Hall–Kier alpha value is -4.06. The van der Waals surface area contributed by atoms with E-state index in [0.717, 1.165) is 42.1 Å². The molecule has 0 saturated heterocycles. The largest absolute Gasteiger partial charge is 2.00 e. The van der Waals surface area contributed by atoms with Crippen LogP contribution in [0.4, 0.5) is 0 Å². The first-order valence-electron chi connectivity index (χ1n) is 10.5. The van der Waals surface area contributed by atoms with Crippen molar-refractivity contribution in [3.05, 3.63) is 77.7 Å². The normalized spacial score (nSPS) is 9.00. The second-order valence-corrected chi connectivity index (χ2v) is 7.19. The first-order chi connectivity index (χ1) is 16.6. The Bertz CT molecular complexity index is 1270. The number of pyridine rings is 2. The zero-order chi connectivity index (χ0) is 26.4. The molecule has 1 aromatic carbocycles. The number of aliphatic carboxylic acids is 2. The smallest absolute Gasteiger partial charge is 0.550 e. The number of benzene rings is 1. The second kappa shape index (κ2) is 16.5. The van der Waals surface area contributed by atoms with Gasteiger partial charge in [-0.1, -0.05) is 12.1 Å². The Kier molecular flexibility index (Phi) is 14.7. The summed E-state index contributed by atoms with van der Waals surface area (Å²) in [6.07, 6.45) is 3.63. The van der Waals surface area contributed by atoms with Gasteiger partial charge in [-0.05, 0) is 75.2 Å². The van der Waals surface area contributed by atoms with Crippen molar-refractivity contribution in [1.82, 2.24) is 19.5 Å². The van der Waals surface area contributed by atoms with Crippen molar-refractivity contribution < 1.29 is 36.9 Å². The van der Waals surface area contributed by atoms with Crippen molar-refractivity contribution >= 4 is 23.0 Å². The van der Waals surface area contributed by atoms with Crippen molar-refractivity contribution in [1.29, 1.82) is 5.26 Å². The van der Waals surface area contributed by atoms with E-state index >= 15 is 0 Å². The summed E-state index contributed by atoms with van der Waals surface area (Å²) in [5.41, 5.74) is 6.50. The summed E-state index contributed by atoms with van der Waals surface area (Å²) >= 11 is 0. The van der Waals surface area contributed by atoms with Gasteiger partial charge in [0.2, 0.25) is 0 Å². The maximum Gasteiger partial charge on any atom is 2.00 e. The Morgan fingerprint density at radius 1 is 0.944 bits per heavy atom. The van der Waals surface area contributed by atoms with Crippen LogP contribution in [-0.4, -0.2) is 31.5 Å². The van der Waals surface area contributed by atoms with Crippen LogP contribution in [0, 0.1) is 25.2 Å². The Balaban J connectivity index is 0.000000874. The van der Waals surface area contributed by atoms with E-state index in [1.807, 2.05) is 42.6 Å². The number of imidazole rings is 1. The molecule has 3 heterocycles. The van der Waals surface area contributed by atoms with Gasteiger partial charge in [0.05, 0.1) is 29.3 Å². The minimum Gasteiger partial charge on any atom is -0.550 e. The molecule has 36 heavy (non-hydrogen) atoms. The number of hydrogen-bond donors (Lipinski definition) is 0. The van der Waals surface area contributed by atoms with Crippen LogP contribution in [0.1, 0.15) is 37.6 Å². The second-order valence-electron chi connectivity index (χ2n) is 7.19. The van der Waals surface area contributed by atoms with Crippen molar-refractivity contribution in [2.24, 2.45) is 0 Å². The van der Waals surface area contributed by atoms with E-state index in [-0.39, 0.29) is 17.1 Å². The van der Waals surface area contributed by atoms with Crippen molar-refractivity contribution in [2.75, 3.05) is 0 Å². The third-order valence-corrected chi connectivity index (χ3v) is 4.30. The van der Waals surface area contributed by atoms with Crippen molar-refractivity contribution in [2.45, 2.75) is 41.2 Å². The summed E-state index contributed by atoms with van der Waals surface area (Å²) < 4.78 is 2.20. The summed E-state index contributed by atoms with van der Waals surface area (Å²) in [5.74, 6) is -1.29. The molecule has 3 aromatic heterocycles. The molecule has 0 saturated carbocycles. The van der Waals surface area contributed by atoms with E-state index < -0.39 is 11.9 Å². The SMILES string of the molecule is CC#N.CC(=O)[O-].CC(=O)[O-].Cc1cc2nc(-c3ccccn3)n(Cc3ccccn3)c2cc1C.[Cu+2]. The predicted molar refractivity (Wildman–Crippen MR) is 128 cm³/mol. The Morgan fingerprint density at radius 3 is 1.92 bits per heavy atom. The number of carboxylic acid groups (broad SMARTS) is 2. The molecular formula is C26H27CuN5O4. The van der Waals surface area contributed by atoms with Crippen LogP contribution in [0.2, 0.25) is 0 Å². The van der Waals surface area contributed by atoms with Gasteiger partial charge >= 0.3 is 17.1 Å². The first-order valence-corrected chi connectivity index (χ1v) is 10.5. The Labute approximate surface area is 221 Å². The molecule has 0 aliphatic carbocycles. The molecular weight excluding hydrogens is 510 g/mol. The average Bonchev–Trinajstić information content (AvgIpc) is 3.12. The van der Waals surface area contributed by atoms with E-state index in [4.69, 9.17) is 30.0 Å². The molecule has 9 nitrogen and oxygen atoms in total. The van der Waals surface area contributed by atoms with E-state index in [9.17, 15) is 0 Å². The van der Waals surface area contributed by atoms with Crippen LogP contribution < -0.4 is 10.2 Å².